The maximum atomic E-state index is 11.9. The van der Waals surface area contributed by atoms with E-state index in [4.69, 9.17) is 9.84 Å². The van der Waals surface area contributed by atoms with Crippen molar-refractivity contribution in [2.75, 3.05) is 6.54 Å². The van der Waals surface area contributed by atoms with E-state index in [1.165, 1.54) is 4.90 Å². The molecule has 1 heterocycles. The minimum absolute atomic E-state index is 0.145. The Labute approximate surface area is 111 Å². The lowest BCUT2D eigenvalue weighted by Crippen LogP contribution is -2.46. The van der Waals surface area contributed by atoms with Gasteiger partial charge in [0.05, 0.1) is 0 Å². The number of hydrogen-bond acceptors (Lipinski definition) is 3. The molecule has 1 aliphatic rings. The van der Waals surface area contributed by atoms with Crippen LogP contribution in [0.4, 0.5) is 4.79 Å². The van der Waals surface area contributed by atoms with Crippen molar-refractivity contribution in [1.29, 1.82) is 0 Å². The molecule has 1 aliphatic heterocycles. The quantitative estimate of drug-likeness (QED) is 0.845. The molecule has 1 atom stereocenters. The first-order chi connectivity index (χ1) is 9.18. The fraction of sp³-hybridized carbons (Fsp3) is 0.286. The fourth-order valence-corrected chi connectivity index (χ4v) is 1.91. The van der Waals surface area contributed by atoms with Crippen molar-refractivity contribution in [2.45, 2.75) is 19.1 Å². The average Bonchev–Trinajstić information content (AvgIpc) is 2.46. The zero-order valence-electron chi connectivity index (χ0n) is 10.4. The lowest BCUT2D eigenvalue weighted by molar-refractivity contribution is -0.142. The van der Waals surface area contributed by atoms with Crippen molar-refractivity contribution in [1.82, 2.24) is 4.90 Å². The van der Waals surface area contributed by atoms with Crippen LogP contribution in [0, 0.1) is 0 Å². The molecule has 19 heavy (non-hydrogen) atoms. The van der Waals surface area contributed by atoms with Gasteiger partial charge in [0, 0.05) is 6.54 Å². The van der Waals surface area contributed by atoms with Crippen molar-refractivity contribution in [3.8, 4) is 0 Å². The predicted molar refractivity (Wildman–Crippen MR) is 68.5 cm³/mol. The van der Waals surface area contributed by atoms with E-state index in [0.29, 0.717) is 6.42 Å². The van der Waals surface area contributed by atoms with Gasteiger partial charge in [-0.15, -0.1) is 0 Å². The first kappa shape index (κ1) is 13.1. The Bertz CT molecular complexity index is 483. The Morgan fingerprint density at radius 1 is 1.26 bits per heavy atom. The number of carboxylic acids is 1. The molecule has 0 aliphatic carbocycles. The van der Waals surface area contributed by atoms with Gasteiger partial charge in [-0.3, -0.25) is 4.90 Å². The number of amides is 1. The molecular weight excluding hydrogens is 246 g/mol. The Balaban J connectivity index is 1.95. The Hall–Kier alpha value is -2.30. The fourth-order valence-electron chi connectivity index (χ4n) is 1.91. The van der Waals surface area contributed by atoms with E-state index < -0.39 is 18.1 Å². The summed E-state index contributed by atoms with van der Waals surface area (Å²) < 4.78 is 5.14. The monoisotopic (exact) mass is 261 g/mol. The van der Waals surface area contributed by atoms with Crippen LogP contribution in [0.5, 0.6) is 0 Å². The van der Waals surface area contributed by atoms with E-state index in [0.717, 1.165) is 5.56 Å². The molecule has 1 N–H and O–H groups in total. The SMILES string of the molecule is O=C(O)[C@H]1CC=CCN1C(=O)OCc1ccccc1. The third-order valence-corrected chi connectivity index (χ3v) is 2.93. The summed E-state index contributed by atoms with van der Waals surface area (Å²) in [4.78, 5) is 24.2. The number of nitrogens with zero attached hydrogens (tertiary/aromatic N) is 1. The molecule has 0 aromatic heterocycles. The van der Waals surface area contributed by atoms with E-state index in [1.807, 2.05) is 30.3 Å². The van der Waals surface area contributed by atoms with Crippen molar-refractivity contribution in [2.24, 2.45) is 0 Å². The number of benzene rings is 1. The van der Waals surface area contributed by atoms with E-state index in [2.05, 4.69) is 0 Å². The average molecular weight is 261 g/mol. The van der Waals surface area contributed by atoms with Gasteiger partial charge in [-0.2, -0.15) is 0 Å². The summed E-state index contributed by atoms with van der Waals surface area (Å²) in [5, 5.41) is 9.06. The molecule has 0 spiro atoms. The van der Waals surface area contributed by atoms with Crippen LogP contribution in [0.15, 0.2) is 42.5 Å². The summed E-state index contributed by atoms with van der Waals surface area (Å²) in [5.41, 5.74) is 0.871. The first-order valence-corrected chi connectivity index (χ1v) is 6.03. The molecule has 1 aromatic rings. The summed E-state index contributed by atoms with van der Waals surface area (Å²) in [7, 11) is 0. The number of rotatable bonds is 3. The van der Waals surface area contributed by atoms with Crippen LogP contribution in [0.25, 0.3) is 0 Å². The molecule has 0 fully saturated rings. The van der Waals surface area contributed by atoms with Gasteiger partial charge >= 0.3 is 12.1 Å². The van der Waals surface area contributed by atoms with Gasteiger partial charge in [-0.25, -0.2) is 9.59 Å². The highest BCUT2D eigenvalue weighted by atomic mass is 16.6. The van der Waals surface area contributed by atoms with Gasteiger partial charge in [0.2, 0.25) is 0 Å². The Kier molecular flexibility index (Phi) is 4.18. The highest BCUT2D eigenvalue weighted by Gasteiger charge is 2.30. The van der Waals surface area contributed by atoms with Crippen LogP contribution in [0.2, 0.25) is 0 Å². The zero-order valence-corrected chi connectivity index (χ0v) is 10.4. The van der Waals surface area contributed by atoms with Gasteiger partial charge in [0.25, 0.3) is 0 Å². The molecule has 0 unspecified atom stereocenters. The molecule has 5 nitrogen and oxygen atoms in total. The lowest BCUT2D eigenvalue weighted by Gasteiger charge is -2.29. The number of carboxylic acid groups (broad SMARTS) is 1. The van der Waals surface area contributed by atoms with Crippen LogP contribution in [-0.4, -0.2) is 34.7 Å². The number of carbonyl (C=O) groups is 2. The zero-order chi connectivity index (χ0) is 13.7. The smallest absolute Gasteiger partial charge is 0.411 e. The van der Waals surface area contributed by atoms with E-state index in [1.54, 1.807) is 12.2 Å². The van der Waals surface area contributed by atoms with Crippen molar-refractivity contribution in [3.05, 3.63) is 48.0 Å². The third-order valence-electron chi connectivity index (χ3n) is 2.93. The summed E-state index contributed by atoms with van der Waals surface area (Å²) in [6, 6.07) is 8.44. The molecule has 0 bridgehead atoms. The minimum Gasteiger partial charge on any atom is -0.480 e. The first-order valence-electron chi connectivity index (χ1n) is 6.03. The number of aliphatic carboxylic acids is 1. The summed E-state index contributed by atoms with van der Waals surface area (Å²) >= 11 is 0. The van der Waals surface area contributed by atoms with Crippen LogP contribution in [0.1, 0.15) is 12.0 Å². The van der Waals surface area contributed by atoms with Gasteiger partial charge in [0.15, 0.2) is 0 Å². The van der Waals surface area contributed by atoms with Crippen LogP contribution in [-0.2, 0) is 16.1 Å². The van der Waals surface area contributed by atoms with Crippen molar-refractivity contribution < 1.29 is 19.4 Å². The van der Waals surface area contributed by atoms with Crippen LogP contribution < -0.4 is 0 Å². The molecule has 100 valence electrons. The number of ether oxygens (including phenoxy) is 1. The minimum atomic E-state index is -1.01. The summed E-state index contributed by atoms with van der Waals surface area (Å²) in [5.74, 6) is -1.01. The highest BCUT2D eigenvalue weighted by molar-refractivity contribution is 5.80. The second-order valence-corrected chi connectivity index (χ2v) is 4.25. The molecular formula is C14H15NO4. The lowest BCUT2D eigenvalue weighted by atomic mass is 10.1. The maximum absolute atomic E-state index is 11.9. The molecule has 5 heteroatoms. The van der Waals surface area contributed by atoms with E-state index >= 15 is 0 Å². The van der Waals surface area contributed by atoms with Crippen molar-refractivity contribution >= 4 is 12.1 Å². The predicted octanol–water partition coefficient (Wildman–Crippen LogP) is 2.04. The molecule has 0 saturated heterocycles. The Morgan fingerprint density at radius 3 is 2.68 bits per heavy atom. The molecule has 0 saturated carbocycles. The van der Waals surface area contributed by atoms with Crippen LogP contribution in [0.3, 0.4) is 0 Å². The molecule has 0 radical (unpaired) electrons. The maximum Gasteiger partial charge on any atom is 0.411 e. The van der Waals surface area contributed by atoms with E-state index in [-0.39, 0.29) is 13.2 Å². The largest absolute Gasteiger partial charge is 0.480 e. The van der Waals surface area contributed by atoms with Gasteiger partial charge < -0.3 is 9.84 Å². The van der Waals surface area contributed by atoms with E-state index in [9.17, 15) is 9.59 Å². The van der Waals surface area contributed by atoms with Gasteiger partial charge in [0.1, 0.15) is 12.6 Å². The van der Waals surface area contributed by atoms with Crippen LogP contribution >= 0.6 is 0 Å². The van der Waals surface area contributed by atoms with Gasteiger partial charge in [-0.05, 0) is 12.0 Å². The Morgan fingerprint density at radius 2 is 2.00 bits per heavy atom. The summed E-state index contributed by atoms with van der Waals surface area (Å²) in [6.07, 6.45) is 3.25. The normalized spacial score (nSPS) is 18.1. The number of hydrogen-bond donors (Lipinski definition) is 1. The molecule has 1 amide bonds. The summed E-state index contributed by atoms with van der Waals surface area (Å²) in [6.45, 7) is 0.414. The number of carbonyl (C=O) groups excluding carboxylic acids is 1. The second-order valence-electron chi connectivity index (χ2n) is 4.25. The second kappa shape index (κ2) is 6.04. The highest BCUT2D eigenvalue weighted by Crippen LogP contribution is 2.14. The van der Waals surface area contributed by atoms with Gasteiger partial charge in [-0.1, -0.05) is 42.5 Å². The molecule has 1 aromatic carbocycles. The molecule has 2 rings (SSSR count). The topological polar surface area (TPSA) is 66.8 Å². The standard InChI is InChI=1S/C14H15NO4/c16-13(17)12-8-4-5-9-15(12)14(18)19-10-11-6-2-1-3-7-11/h1-7,12H,8-10H2,(H,16,17)/t12-/m1/s1. The van der Waals surface area contributed by atoms with Crippen molar-refractivity contribution in [3.63, 3.8) is 0 Å². The third kappa shape index (κ3) is 3.34.